The zero-order valence-corrected chi connectivity index (χ0v) is 14.4. The highest BCUT2D eigenvalue weighted by Gasteiger charge is 2.15. The van der Waals surface area contributed by atoms with Gasteiger partial charge in [-0.15, -0.1) is 0 Å². The molecular weight excluding hydrogens is 296 g/mol. The molecule has 1 aromatic heterocycles. The summed E-state index contributed by atoms with van der Waals surface area (Å²) in [6.07, 6.45) is 3.05. The Morgan fingerprint density at radius 2 is 1.91 bits per heavy atom. The van der Waals surface area contributed by atoms with Gasteiger partial charge < -0.3 is 25.1 Å². The molecule has 130 valence electrons. The lowest BCUT2D eigenvalue weighted by molar-refractivity contribution is 0.0527. The molecule has 0 radical (unpaired) electrons. The number of aliphatic imine (C=N–C) groups is 1. The van der Waals surface area contributed by atoms with Crippen LogP contribution in [0.25, 0.3) is 0 Å². The van der Waals surface area contributed by atoms with Crippen LogP contribution in [0.1, 0.15) is 39.4 Å². The molecule has 0 saturated carbocycles. The van der Waals surface area contributed by atoms with Crippen molar-refractivity contribution in [3.8, 4) is 0 Å². The first-order valence-corrected chi connectivity index (χ1v) is 7.84. The monoisotopic (exact) mass is 324 g/mol. The van der Waals surface area contributed by atoms with Gasteiger partial charge in [-0.25, -0.2) is 4.79 Å². The van der Waals surface area contributed by atoms with E-state index < -0.39 is 5.60 Å². The number of alkyl carbamates (subject to hydrolysis) is 1. The Bertz CT molecular complexity index is 478. The van der Waals surface area contributed by atoms with Crippen molar-refractivity contribution in [2.45, 2.75) is 45.8 Å². The summed E-state index contributed by atoms with van der Waals surface area (Å²) in [5.74, 6) is 1.58. The molecule has 1 amide bonds. The molecule has 23 heavy (non-hydrogen) atoms. The number of guanidine groups is 1. The molecule has 0 aliphatic heterocycles. The van der Waals surface area contributed by atoms with Gasteiger partial charge in [-0.3, -0.25) is 4.99 Å². The average molecular weight is 324 g/mol. The van der Waals surface area contributed by atoms with Gasteiger partial charge in [-0.05, 0) is 45.7 Å². The number of carbonyl (C=O) groups is 1. The SMILES string of the molecule is CN=C(NCCCCNC(=O)OC(C)(C)C)NCc1ccco1. The van der Waals surface area contributed by atoms with Crippen molar-refractivity contribution in [3.63, 3.8) is 0 Å². The summed E-state index contributed by atoms with van der Waals surface area (Å²) in [5, 5.41) is 9.11. The van der Waals surface area contributed by atoms with Crippen LogP contribution in [-0.2, 0) is 11.3 Å². The first-order chi connectivity index (χ1) is 10.9. The van der Waals surface area contributed by atoms with Gasteiger partial charge in [0.25, 0.3) is 0 Å². The molecule has 0 saturated heterocycles. The first kappa shape index (κ1) is 18.9. The number of rotatable bonds is 7. The molecule has 3 N–H and O–H groups in total. The summed E-state index contributed by atoms with van der Waals surface area (Å²) in [6.45, 7) is 7.49. The smallest absolute Gasteiger partial charge is 0.407 e. The van der Waals surface area contributed by atoms with E-state index in [0.717, 1.165) is 31.1 Å². The second-order valence-electron chi connectivity index (χ2n) is 6.07. The molecule has 0 fully saturated rings. The molecule has 1 rings (SSSR count). The van der Waals surface area contributed by atoms with Crippen molar-refractivity contribution in [2.75, 3.05) is 20.1 Å². The largest absolute Gasteiger partial charge is 0.467 e. The Morgan fingerprint density at radius 1 is 1.22 bits per heavy atom. The zero-order valence-electron chi connectivity index (χ0n) is 14.4. The summed E-state index contributed by atoms with van der Waals surface area (Å²) < 4.78 is 10.4. The zero-order chi connectivity index (χ0) is 17.1. The average Bonchev–Trinajstić information content (AvgIpc) is 2.97. The minimum Gasteiger partial charge on any atom is -0.467 e. The standard InChI is InChI=1S/C16H28N4O3/c1-16(2,3)23-15(21)19-10-6-5-9-18-14(17-4)20-12-13-8-7-11-22-13/h7-8,11H,5-6,9-10,12H2,1-4H3,(H,19,21)(H2,17,18,20). The van der Waals surface area contributed by atoms with Crippen LogP contribution < -0.4 is 16.0 Å². The molecule has 0 spiro atoms. The van der Waals surface area contributed by atoms with Crippen LogP contribution in [0, 0.1) is 0 Å². The van der Waals surface area contributed by atoms with Gasteiger partial charge in [0.05, 0.1) is 12.8 Å². The molecule has 0 atom stereocenters. The fraction of sp³-hybridized carbons (Fsp3) is 0.625. The van der Waals surface area contributed by atoms with Crippen molar-refractivity contribution in [2.24, 2.45) is 4.99 Å². The van der Waals surface area contributed by atoms with E-state index in [9.17, 15) is 4.79 Å². The molecule has 7 nitrogen and oxygen atoms in total. The molecule has 1 aromatic rings. The van der Waals surface area contributed by atoms with Gasteiger partial charge in [0.15, 0.2) is 5.96 Å². The Kier molecular flexibility index (Phi) is 8.01. The van der Waals surface area contributed by atoms with Gasteiger partial charge in [0.1, 0.15) is 11.4 Å². The minimum absolute atomic E-state index is 0.374. The topological polar surface area (TPSA) is 87.9 Å². The summed E-state index contributed by atoms with van der Waals surface area (Å²) in [5.41, 5.74) is -0.461. The second-order valence-corrected chi connectivity index (χ2v) is 6.07. The van der Waals surface area contributed by atoms with E-state index in [2.05, 4.69) is 20.9 Å². The maximum atomic E-state index is 11.5. The van der Waals surface area contributed by atoms with Gasteiger partial charge in [0, 0.05) is 20.1 Å². The minimum atomic E-state index is -0.461. The highest BCUT2D eigenvalue weighted by atomic mass is 16.6. The van der Waals surface area contributed by atoms with E-state index in [1.807, 2.05) is 32.9 Å². The number of ether oxygens (including phenoxy) is 1. The number of amides is 1. The molecule has 7 heteroatoms. The highest BCUT2D eigenvalue weighted by molar-refractivity contribution is 5.79. The van der Waals surface area contributed by atoms with Crippen LogP contribution in [0.3, 0.4) is 0 Å². The van der Waals surface area contributed by atoms with E-state index in [1.165, 1.54) is 0 Å². The fourth-order valence-electron chi connectivity index (χ4n) is 1.77. The summed E-state index contributed by atoms with van der Waals surface area (Å²) >= 11 is 0. The molecule has 0 unspecified atom stereocenters. The van der Waals surface area contributed by atoms with E-state index in [-0.39, 0.29) is 6.09 Å². The van der Waals surface area contributed by atoms with Crippen LogP contribution in [0.15, 0.2) is 27.8 Å². The maximum absolute atomic E-state index is 11.5. The van der Waals surface area contributed by atoms with Crippen molar-refractivity contribution >= 4 is 12.1 Å². The Labute approximate surface area is 137 Å². The van der Waals surface area contributed by atoms with Gasteiger partial charge in [-0.2, -0.15) is 0 Å². The number of nitrogens with one attached hydrogen (secondary N) is 3. The highest BCUT2D eigenvalue weighted by Crippen LogP contribution is 2.06. The number of unbranched alkanes of at least 4 members (excludes halogenated alkanes) is 1. The number of furan rings is 1. The third kappa shape index (κ3) is 9.44. The summed E-state index contributed by atoms with van der Waals surface area (Å²) in [4.78, 5) is 15.6. The van der Waals surface area contributed by atoms with Gasteiger partial charge in [0.2, 0.25) is 0 Å². The molecule has 0 bridgehead atoms. The van der Waals surface area contributed by atoms with Crippen molar-refractivity contribution in [3.05, 3.63) is 24.2 Å². The summed E-state index contributed by atoms with van der Waals surface area (Å²) in [7, 11) is 1.72. The second kappa shape index (κ2) is 9.76. The predicted molar refractivity (Wildman–Crippen MR) is 90.4 cm³/mol. The van der Waals surface area contributed by atoms with E-state index in [1.54, 1.807) is 13.3 Å². The lowest BCUT2D eigenvalue weighted by Crippen LogP contribution is -2.37. The van der Waals surface area contributed by atoms with Crippen LogP contribution in [0.4, 0.5) is 4.79 Å². The summed E-state index contributed by atoms with van der Waals surface area (Å²) in [6, 6.07) is 3.76. The van der Waals surface area contributed by atoms with Crippen LogP contribution in [0.2, 0.25) is 0 Å². The Balaban J connectivity index is 2.05. The number of hydrogen-bond donors (Lipinski definition) is 3. The number of hydrogen-bond acceptors (Lipinski definition) is 4. The maximum Gasteiger partial charge on any atom is 0.407 e. The van der Waals surface area contributed by atoms with E-state index in [4.69, 9.17) is 9.15 Å². The predicted octanol–water partition coefficient (Wildman–Crippen LogP) is 2.25. The third-order valence-electron chi connectivity index (χ3n) is 2.80. The third-order valence-corrected chi connectivity index (χ3v) is 2.80. The normalized spacial score (nSPS) is 11.9. The van der Waals surface area contributed by atoms with Crippen molar-refractivity contribution in [1.82, 2.24) is 16.0 Å². The fourth-order valence-corrected chi connectivity index (χ4v) is 1.77. The van der Waals surface area contributed by atoms with Gasteiger partial charge in [-0.1, -0.05) is 0 Å². The lowest BCUT2D eigenvalue weighted by atomic mass is 10.2. The molecule has 1 heterocycles. The lowest BCUT2D eigenvalue weighted by Gasteiger charge is -2.19. The number of carbonyl (C=O) groups excluding carboxylic acids is 1. The van der Waals surface area contributed by atoms with Crippen LogP contribution in [-0.4, -0.2) is 37.8 Å². The Hall–Kier alpha value is -2.18. The molecule has 0 aliphatic carbocycles. The van der Waals surface area contributed by atoms with Crippen LogP contribution >= 0.6 is 0 Å². The molecular formula is C16H28N4O3. The van der Waals surface area contributed by atoms with E-state index >= 15 is 0 Å². The van der Waals surface area contributed by atoms with Crippen molar-refractivity contribution < 1.29 is 13.9 Å². The first-order valence-electron chi connectivity index (χ1n) is 7.84. The van der Waals surface area contributed by atoms with Gasteiger partial charge >= 0.3 is 6.09 Å². The van der Waals surface area contributed by atoms with Crippen molar-refractivity contribution in [1.29, 1.82) is 0 Å². The molecule has 0 aromatic carbocycles. The van der Waals surface area contributed by atoms with Crippen LogP contribution in [0.5, 0.6) is 0 Å². The Morgan fingerprint density at radius 3 is 2.48 bits per heavy atom. The number of nitrogens with zero attached hydrogens (tertiary/aromatic N) is 1. The molecule has 0 aliphatic rings. The quantitative estimate of drug-likeness (QED) is 0.407. The van der Waals surface area contributed by atoms with E-state index in [0.29, 0.717) is 13.1 Å².